The zero-order valence-electron chi connectivity index (χ0n) is 17.5. The summed E-state index contributed by atoms with van der Waals surface area (Å²) in [5, 5.41) is 13.3. The van der Waals surface area contributed by atoms with Gasteiger partial charge in [0.15, 0.2) is 6.10 Å². The maximum Gasteiger partial charge on any atom is 0.396 e. The van der Waals surface area contributed by atoms with Crippen molar-refractivity contribution < 1.29 is 29.0 Å². The fourth-order valence-corrected chi connectivity index (χ4v) is 3.21. The highest BCUT2D eigenvalue weighted by atomic mass is 35.5. The van der Waals surface area contributed by atoms with E-state index in [0.717, 1.165) is 16.7 Å². The van der Waals surface area contributed by atoms with Crippen LogP contribution in [-0.4, -0.2) is 48.3 Å². The molecule has 8 heteroatoms. The van der Waals surface area contributed by atoms with E-state index in [4.69, 9.17) is 21.1 Å². The molecule has 0 saturated carbocycles. The molecule has 7 nitrogen and oxygen atoms in total. The highest BCUT2D eigenvalue weighted by molar-refractivity contribution is 6.32. The van der Waals surface area contributed by atoms with Crippen molar-refractivity contribution in [3.05, 3.63) is 59.1 Å². The quantitative estimate of drug-likeness (QED) is 0.452. The Hall–Kier alpha value is -2.90. The van der Waals surface area contributed by atoms with Gasteiger partial charge in [-0.25, -0.2) is 9.59 Å². The molecule has 2 atom stereocenters. The SMILES string of the molecule is CCOC(=O)C(=O)N[C@H](Cc1ccc(-c2cccc(Cl)c2)cc1)CC(O)C(=O)OCC. The summed E-state index contributed by atoms with van der Waals surface area (Å²) in [6.45, 7) is 3.41. The third kappa shape index (κ3) is 7.70. The van der Waals surface area contributed by atoms with Crippen LogP contribution in [0.5, 0.6) is 0 Å². The van der Waals surface area contributed by atoms with Gasteiger partial charge in [-0.2, -0.15) is 0 Å². The highest BCUT2D eigenvalue weighted by Crippen LogP contribution is 2.23. The lowest BCUT2D eigenvalue weighted by molar-refractivity contribution is -0.155. The Morgan fingerprint density at radius 1 is 1.00 bits per heavy atom. The second-order valence-electron chi connectivity index (χ2n) is 6.81. The highest BCUT2D eigenvalue weighted by Gasteiger charge is 2.26. The van der Waals surface area contributed by atoms with Crippen molar-refractivity contribution in [3.63, 3.8) is 0 Å². The number of rotatable bonds is 9. The summed E-state index contributed by atoms with van der Waals surface area (Å²) in [5.74, 6) is -2.73. The van der Waals surface area contributed by atoms with E-state index in [1.165, 1.54) is 0 Å². The Balaban J connectivity index is 2.14. The van der Waals surface area contributed by atoms with Gasteiger partial charge in [0.2, 0.25) is 0 Å². The number of carbonyl (C=O) groups excluding carboxylic acids is 3. The van der Waals surface area contributed by atoms with Crippen molar-refractivity contribution in [2.45, 2.75) is 38.8 Å². The van der Waals surface area contributed by atoms with Crippen LogP contribution in [0.3, 0.4) is 0 Å². The van der Waals surface area contributed by atoms with Gasteiger partial charge in [-0.3, -0.25) is 4.79 Å². The Morgan fingerprint density at radius 3 is 2.29 bits per heavy atom. The molecule has 0 aliphatic carbocycles. The molecule has 0 spiro atoms. The maximum atomic E-state index is 12.1. The lowest BCUT2D eigenvalue weighted by Gasteiger charge is -2.21. The van der Waals surface area contributed by atoms with Crippen LogP contribution >= 0.6 is 11.6 Å². The predicted octanol–water partition coefficient (Wildman–Crippen LogP) is 2.91. The zero-order chi connectivity index (χ0) is 22.8. The number of ether oxygens (including phenoxy) is 2. The predicted molar refractivity (Wildman–Crippen MR) is 116 cm³/mol. The number of carbonyl (C=O) groups is 3. The second-order valence-corrected chi connectivity index (χ2v) is 7.24. The van der Waals surface area contributed by atoms with Gasteiger partial charge in [-0.1, -0.05) is 48.0 Å². The van der Waals surface area contributed by atoms with Crippen LogP contribution in [0.4, 0.5) is 0 Å². The van der Waals surface area contributed by atoms with Crippen molar-refractivity contribution in [2.24, 2.45) is 0 Å². The molecule has 2 aromatic rings. The number of aliphatic hydroxyl groups excluding tert-OH is 1. The van der Waals surface area contributed by atoms with E-state index in [9.17, 15) is 19.5 Å². The third-order valence-electron chi connectivity index (χ3n) is 4.46. The molecule has 2 N–H and O–H groups in total. The van der Waals surface area contributed by atoms with Gasteiger partial charge in [0, 0.05) is 17.5 Å². The summed E-state index contributed by atoms with van der Waals surface area (Å²) < 4.78 is 9.52. The second kappa shape index (κ2) is 12.1. The lowest BCUT2D eigenvalue weighted by Crippen LogP contribution is -2.44. The normalized spacial score (nSPS) is 12.5. The fourth-order valence-electron chi connectivity index (χ4n) is 3.02. The maximum absolute atomic E-state index is 12.1. The van der Waals surface area contributed by atoms with Gasteiger partial charge in [0.05, 0.1) is 13.2 Å². The zero-order valence-corrected chi connectivity index (χ0v) is 18.2. The number of nitrogens with one attached hydrogen (secondary N) is 1. The minimum atomic E-state index is -1.43. The number of esters is 2. The molecule has 1 unspecified atom stereocenters. The molecule has 0 aliphatic heterocycles. The first-order valence-corrected chi connectivity index (χ1v) is 10.4. The molecule has 2 aromatic carbocycles. The number of hydrogen-bond acceptors (Lipinski definition) is 6. The first-order chi connectivity index (χ1) is 14.8. The number of benzene rings is 2. The average Bonchev–Trinajstić information content (AvgIpc) is 2.74. The van der Waals surface area contributed by atoms with Gasteiger partial charge >= 0.3 is 17.8 Å². The Morgan fingerprint density at radius 2 is 1.68 bits per heavy atom. The Kier molecular flexibility index (Phi) is 9.49. The summed E-state index contributed by atoms with van der Waals surface area (Å²) in [4.78, 5) is 35.6. The van der Waals surface area contributed by atoms with E-state index in [0.29, 0.717) is 5.02 Å². The van der Waals surface area contributed by atoms with Gasteiger partial charge in [-0.15, -0.1) is 0 Å². The smallest absolute Gasteiger partial charge is 0.396 e. The van der Waals surface area contributed by atoms with Crippen LogP contribution in [0, 0.1) is 0 Å². The molecular weight excluding hydrogens is 422 g/mol. The monoisotopic (exact) mass is 447 g/mol. The van der Waals surface area contributed by atoms with Crippen molar-refractivity contribution in [3.8, 4) is 11.1 Å². The largest absolute Gasteiger partial charge is 0.464 e. The molecule has 1 amide bonds. The van der Waals surface area contributed by atoms with Gasteiger partial charge < -0.3 is 19.9 Å². The lowest BCUT2D eigenvalue weighted by atomic mass is 9.98. The van der Waals surface area contributed by atoms with Crippen molar-refractivity contribution >= 4 is 29.4 Å². The number of amides is 1. The molecule has 0 fully saturated rings. The Bertz CT molecular complexity index is 899. The van der Waals surface area contributed by atoms with Crippen molar-refractivity contribution in [1.82, 2.24) is 5.32 Å². The van der Waals surface area contributed by atoms with Gasteiger partial charge in [0.25, 0.3) is 0 Å². The van der Waals surface area contributed by atoms with Crippen LogP contribution in [0.1, 0.15) is 25.8 Å². The fraction of sp³-hybridized carbons (Fsp3) is 0.348. The first kappa shape index (κ1) is 24.4. The minimum absolute atomic E-state index is 0.0628. The van der Waals surface area contributed by atoms with Crippen molar-refractivity contribution in [1.29, 1.82) is 0 Å². The summed E-state index contributed by atoms with van der Waals surface area (Å²) in [5.41, 5.74) is 2.77. The van der Waals surface area contributed by atoms with E-state index in [1.807, 2.05) is 42.5 Å². The van der Waals surface area contributed by atoms with Crippen LogP contribution in [-0.2, 0) is 30.3 Å². The summed E-state index contributed by atoms with van der Waals surface area (Å²) in [7, 11) is 0. The van der Waals surface area contributed by atoms with Crippen molar-refractivity contribution in [2.75, 3.05) is 13.2 Å². The van der Waals surface area contributed by atoms with E-state index in [-0.39, 0.29) is 26.1 Å². The average molecular weight is 448 g/mol. The molecule has 0 saturated heterocycles. The third-order valence-corrected chi connectivity index (χ3v) is 4.69. The van der Waals surface area contributed by atoms with Gasteiger partial charge in [0.1, 0.15) is 0 Å². The molecule has 2 rings (SSSR count). The number of aliphatic hydroxyl groups is 1. The number of hydrogen-bond donors (Lipinski definition) is 2. The molecule has 0 bridgehead atoms. The molecule has 31 heavy (non-hydrogen) atoms. The van der Waals surface area contributed by atoms with E-state index in [1.54, 1.807) is 19.9 Å². The summed E-state index contributed by atoms with van der Waals surface area (Å²) >= 11 is 6.05. The number of halogens is 1. The van der Waals surface area contributed by atoms with E-state index in [2.05, 4.69) is 5.32 Å². The molecule has 0 aliphatic rings. The topological polar surface area (TPSA) is 102 Å². The van der Waals surface area contributed by atoms with Gasteiger partial charge in [-0.05, 0) is 49.1 Å². The summed E-state index contributed by atoms with van der Waals surface area (Å²) in [6.07, 6.45) is -1.25. The summed E-state index contributed by atoms with van der Waals surface area (Å²) in [6, 6.07) is 14.3. The van der Waals surface area contributed by atoms with Crippen LogP contribution < -0.4 is 5.32 Å². The standard InChI is InChI=1S/C23H26ClNO6/c1-3-30-22(28)20(26)14-19(25-21(27)23(29)31-4-2)12-15-8-10-16(11-9-15)17-6-5-7-18(24)13-17/h5-11,13,19-20,26H,3-4,12,14H2,1-2H3,(H,25,27)/t19-,20?/m1/s1. The Labute approximate surface area is 186 Å². The van der Waals surface area contributed by atoms with E-state index < -0.39 is 30.0 Å². The van der Waals surface area contributed by atoms with Crippen LogP contribution in [0.25, 0.3) is 11.1 Å². The molecule has 0 radical (unpaired) electrons. The van der Waals surface area contributed by atoms with E-state index >= 15 is 0 Å². The molecular formula is C23H26ClNO6. The molecule has 0 heterocycles. The molecule has 0 aromatic heterocycles. The van der Waals surface area contributed by atoms with Crippen LogP contribution in [0.2, 0.25) is 5.02 Å². The molecule has 166 valence electrons. The van der Waals surface area contributed by atoms with Crippen LogP contribution in [0.15, 0.2) is 48.5 Å². The minimum Gasteiger partial charge on any atom is -0.464 e. The first-order valence-electron chi connectivity index (χ1n) is 10.0.